The lowest BCUT2D eigenvalue weighted by Crippen LogP contribution is -2.02. The molecule has 0 spiro atoms. The van der Waals surface area contributed by atoms with Gasteiger partial charge in [0.25, 0.3) is 0 Å². The molecule has 2 aromatic carbocycles. The summed E-state index contributed by atoms with van der Waals surface area (Å²) in [6, 6.07) is 16.8. The van der Waals surface area contributed by atoms with Crippen molar-refractivity contribution in [3.05, 3.63) is 71.3 Å². The Bertz CT molecular complexity index is 523. The van der Waals surface area contributed by atoms with E-state index in [1.54, 1.807) is 0 Å². The van der Waals surface area contributed by atoms with Crippen molar-refractivity contribution >= 4 is 16.0 Å². The largest absolute Gasteiger partial charge is 0.381 e. The highest BCUT2D eigenvalue weighted by Crippen LogP contribution is 2.12. The molecule has 0 N–H and O–H groups in total. The van der Waals surface area contributed by atoms with Gasteiger partial charge in [-0.2, -0.15) is 0 Å². The first kappa shape index (κ1) is 12.7. The van der Waals surface area contributed by atoms with E-state index >= 15 is 0 Å². The van der Waals surface area contributed by atoms with E-state index in [1.807, 2.05) is 54.6 Å². The van der Waals surface area contributed by atoms with Gasteiger partial charge in [0.15, 0.2) is 5.78 Å². The van der Waals surface area contributed by atoms with Gasteiger partial charge >= 0.3 is 0 Å². The molecule has 3 radical (unpaired) electrons. The van der Waals surface area contributed by atoms with Gasteiger partial charge in [0.05, 0.1) is 16.8 Å². The van der Waals surface area contributed by atoms with Crippen LogP contribution in [0.1, 0.15) is 21.5 Å². The molecule has 3 heteroatoms. The summed E-state index contributed by atoms with van der Waals surface area (Å²) in [7, 11) is 3.25. The number of rotatable bonds is 5. The van der Waals surface area contributed by atoms with Crippen molar-refractivity contribution in [2.75, 3.05) is 6.23 Å². The molecule has 0 bridgehead atoms. The standard InChI is InChI=1S/C15H13O2Si/c16-15(13-6-2-1-3-7-13)14-8-4-5-12(9-14)10-17-11-18/h1-9H,10-11H2. The lowest BCUT2D eigenvalue weighted by atomic mass is 10.0. The lowest BCUT2D eigenvalue weighted by molar-refractivity contribution is 0.103. The maximum atomic E-state index is 12.2. The van der Waals surface area contributed by atoms with Crippen LogP contribution in [0.3, 0.4) is 0 Å². The molecule has 89 valence electrons. The summed E-state index contributed by atoms with van der Waals surface area (Å²) in [5.41, 5.74) is 2.39. The van der Waals surface area contributed by atoms with Crippen molar-refractivity contribution in [1.29, 1.82) is 0 Å². The van der Waals surface area contributed by atoms with Gasteiger partial charge in [-0.25, -0.2) is 0 Å². The van der Waals surface area contributed by atoms with Crippen molar-refractivity contribution in [3.63, 3.8) is 0 Å². The summed E-state index contributed by atoms with van der Waals surface area (Å²) in [5.74, 6) is 0.0378. The number of ether oxygens (including phenoxy) is 1. The Morgan fingerprint density at radius 2 is 1.72 bits per heavy atom. The molecule has 2 nitrogen and oxygen atoms in total. The third-order valence-electron chi connectivity index (χ3n) is 2.60. The third-order valence-corrected chi connectivity index (χ3v) is 2.80. The van der Waals surface area contributed by atoms with Crippen LogP contribution in [0.25, 0.3) is 0 Å². The summed E-state index contributed by atoms with van der Waals surface area (Å²) in [6.07, 6.45) is 0.483. The molecular weight excluding hydrogens is 240 g/mol. The monoisotopic (exact) mass is 253 g/mol. The average molecular weight is 253 g/mol. The van der Waals surface area contributed by atoms with Crippen molar-refractivity contribution < 1.29 is 9.53 Å². The maximum Gasteiger partial charge on any atom is 0.193 e. The smallest absolute Gasteiger partial charge is 0.193 e. The van der Waals surface area contributed by atoms with Gasteiger partial charge in [0.2, 0.25) is 0 Å². The zero-order chi connectivity index (χ0) is 12.8. The van der Waals surface area contributed by atoms with E-state index < -0.39 is 0 Å². The zero-order valence-electron chi connectivity index (χ0n) is 9.93. The molecule has 0 amide bonds. The molecule has 0 atom stereocenters. The summed E-state index contributed by atoms with van der Waals surface area (Å²) in [5, 5.41) is 0. The van der Waals surface area contributed by atoms with E-state index in [1.165, 1.54) is 0 Å². The SMILES string of the molecule is O=C(c1ccccc1)c1cccc(COC[Si])c1. The van der Waals surface area contributed by atoms with E-state index in [2.05, 4.69) is 10.2 Å². The second-order valence-electron chi connectivity index (χ2n) is 3.89. The van der Waals surface area contributed by atoms with Gasteiger partial charge < -0.3 is 4.74 Å². The summed E-state index contributed by atoms with van der Waals surface area (Å²) in [6.45, 7) is 0.499. The molecule has 0 saturated heterocycles. The van der Waals surface area contributed by atoms with Crippen LogP contribution >= 0.6 is 0 Å². The van der Waals surface area contributed by atoms with E-state index in [0.29, 0.717) is 24.0 Å². The van der Waals surface area contributed by atoms with Gasteiger partial charge in [0, 0.05) is 17.4 Å². The average Bonchev–Trinajstić information content (AvgIpc) is 2.45. The normalized spacial score (nSPS) is 10.3. The van der Waals surface area contributed by atoms with Gasteiger partial charge in [-0.1, -0.05) is 48.5 Å². The van der Waals surface area contributed by atoms with Crippen molar-refractivity contribution in [1.82, 2.24) is 0 Å². The van der Waals surface area contributed by atoms with E-state index in [9.17, 15) is 4.79 Å². The molecule has 2 aromatic rings. The fourth-order valence-electron chi connectivity index (χ4n) is 1.73. The predicted molar refractivity (Wildman–Crippen MR) is 71.7 cm³/mol. The first-order valence-corrected chi connectivity index (χ1v) is 6.43. The Hall–Kier alpha value is -1.71. The predicted octanol–water partition coefficient (Wildman–Crippen LogP) is 2.56. The Labute approximate surface area is 110 Å². The highest BCUT2D eigenvalue weighted by Gasteiger charge is 2.08. The fraction of sp³-hybridized carbons (Fsp3) is 0.133. The third kappa shape index (κ3) is 3.15. The van der Waals surface area contributed by atoms with Crippen LogP contribution in [-0.4, -0.2) is 22.3 Å². The molecule has 18 heavy (non-hydrogen) atoms. The number of ketones is 1. The molecule has 2 rings (SSSR count). The molecule has 0 heterocycles. The molecule has 0 aliphatic heterocycles. The van der Waals surface area contributed by atoms with Crippen LogP contribution in [0.2, 0.25) is 0 Å². The van der Waals surface area contributed by atoms with Crippen molar-refractivity contribution in [3.8, 4) is 0 Å². The van der Waals surface area contributed by atoms with Gasteiger partial charge in [-0.05, 0) is 11.6 Å². The number of hydrogen-bond donors (Lipinski definition) is 0. The Balaban J connectivity index is 2.20. The number of carbonyl (C=O) groups is 1. The highest BCUT2D eigenvalue weighted by atomic mass is 28.1. The second kappa shape index (κ2) is 6.28. The number of hydrogen-bond acceptors (Lipinski definition) is 2. The summed E-state index contributed by atoms with van der Waals surface area (Å²) < 4.78 is 5.26. The van der Waals surface area contributed by atoms with Crippen molar-refractivity contribution in [2.45, 2.75) is 6.61 Å². The number of carbonyl (C=O) groups excluding carboxylic acids is 1. The first-order valence-electron chi connectivity index (χ1n) is 5.72. The van der Waals surface area contributed by atoms with Crippen LogP contribution in [0, 0.1) is 0 Å². The molecule has 0 saturated carbocycles. The van der Waals surface area contributed by atoms with Crippen LogP contribution < -0.4 is 0 Å². The molecule has 0 unspecified atom stereocenters. The lowest BCUT2D eigenvalue weighted by Gasteiger charge is -2.05. The van der Waals surface area contributed by atoms with Gasteiger partial charge in [-0.15, -0.1) is 0 Å². The zero-order valence-corrected chi connectivity index (χ0v) is 10.9. The van der Waals surface area contributed by atoms with Crippen LogP contribution in [0.15, 0.2) is 54.6 Å². The van der Waals surface area contributed by atoms with Crippen LogP contribution in [0.5, 0.6) is 0 Å². The van der Waals surface area contributed by atoms with E-state index in [4.69, 9.17) is 4.74 Å². The minimum Gasteiger partial charge on any atom is -0.381 e. The van der Waals surface area contributed by atoms with E-state index in [0.717, 1.165) is 5.56 Å². The minimum absolute atomic E-state index is 0.0378. The van der Waals surface area contributed by atoms with Crippen molar-refractivity contribution in [2.24, 2.45) is 0 Å². The molecule has 0 fully saturated rings. The van der Waals surface area contributed by atoms with Gasteiger partial charge in [0.1, 0.15) is 0 Å². The fourth-order valence-corrected chi connectivity index (χ4v) is 1.83. The first-order chi connectivity index (χ1) is 8.81. The Morgan fingerprint density at radius 1 is 1.00 bits per heavy atom. The summed E-state index contributed by atoms with van der Waals surface area (Å²) >= 11 is 0. The Morgan fingerprint density at radius 3 is 2.44 bits per heavy atom. The van der Waals surface area contributed by atoms with Gasteiger partial charge in [-0.3, -0.25) is 4.79 Å². The van der Waals surface area contributed by atoms with Crippen LogP contribution in [-0.2, 0) is 11.3 Å². The molecule has 0 aromatic heterocycles. The minimum atomic E-state index is 0.0378. The molecule has 0 aliphatic rings. The topological polar surface area (TPSA) is 26.3 Å². The Kier molecular flexibility index (Phi) is 4.44. The maximum absolute atomic E-state index is 12.2. The molecular formula is C15H13O2Si. The quantitative estimate of drug-likeness (QED) is 0.604. The molecule has 0 aliphatic carbocycles. The van der Waals surface area contributed by atoms with E-state index in [-0.39, 0.29) is 5.78 Å². The highest BCUT2D eigenvalue weighted by molar-refractivity contribution is 6.09. The summed E-state index contributed by atoms with van der Waals surface area (Å²) in [4.78, 5) is 12.2. The second-order valence-corrected chi connectivity index (χ2v) is 4.18. The van der Waals surface area contributed by atoms with Crippen LogP contribution in [0.4, 0.5) is 0 Å². The number of benzene rings is 2.